The Bertz CT molecular complexity index is 1050. The van der Waals surface area contributed by atoms with Gasteiger partial charge in [-0.3, -0.25) is 14.9 Å². The number of methoxy groups -OCH3 is 1. The summed E-state index contributed by atoms with van der Waals surface area (Å²) in [6, 6.07) is 12.1. The fraction of sp³-hybridized carbons (Fsp3) is 0.500. The SMILES string of the molecule is COc1cc(C(=O)N2CCC[C@H]2CO[Si](C)(C)C(C)(C)C)c([N+](=O)[O-])cc1OCc1ccccc1. The van der Waals surface area contributed by atoms with Crippen LogP contribution in [0.3, 0.4) is 0 Å². The Morgan fingerprint density at radius 3 is 2.46 bits per heavy atom. The Balaban J connectivity index is 1.84. The Morgan fingerprint density at radius 2 is 1.86 bits per heavy atom. The molecule has 0 aliphatic carbocycles. The van der Waals surface area contributed by atoms with Crippen molar-refractivity contribution in [3.8, 4) is 11.5 Å². The van der Waals surface area contributed by atoms with Crippen molar-refractivity contribution in [1.82, 2.24) is 4.90 Å². The summed E-state index contributed by atoms with van der Waals surface area (Å²) in [5.41, 5.74) is 0.618. The van der Waals surface area contributed by atoms with E-state index in [9.17, 15) is 14.9 Å². The molecule has 0 aromatic heterocycles. The minimum absolute atomic E-state index is 0.00172. The average Bonchev–Trinajstić information content (AvgIpc) is 3.29. The number of likely N-dealkylation sites (tertiary alicyclic amines) is 1. The van der Waals surface area contributed by atoms with E-state index in [4.69, 9.17) is 13.9 Å². The lowest BCUT2D eigenvalue weighted by Crippen LogP contribution is -2.46. The Morgan fingerprint density at radius 1 is 1.17 bits per heavy atom. The third kappa shape index (κ3) is 6.21. The molecular weight excluding hydrogens is 464 g/mol. The second kappa shape index (κ2) is 10.8. The predicted molar refractivity (Wildman–Crippen MR) is 138 cm³/mol. The molecule has 1 fully saturated rings. The molecule has 0 saturated carbocycles. The van der Waals surface area contributed by atoms with E-state index in [0.717, 1.165) is 18.4 Å². The van der Waals surface area contributed by atoms with E-state index >= 15 is 0 Å². The van der Waals surface area contributed by atoms with Gasteiger partial charge >= 0.3 is 0 Å². The van der Waals surface area contributed by atoms with Crippen LogP contribution >= 0.6 is 0 Å². The first-order valence-corrected chi connectivity index (χ1v) is 14.8. The van der Waals surface area contributed by atoms with Crippen LogP contribution in [0.2, 0.25) is 18.1 Å². The third-order valence-electron chi connectivity index (χ3n) is 7.03. The highest BCUT2D eigenvalue weighted by atomic mass is 28.4. The number of amides is 1. The molecule has 2 aromatic rings. The van der Waals surface area contributed by atoms with Crippen LogP contribution in [0.5, 0.6) is 11.5 Å². The quantitative estimate of drug-likeness (QED) is 0.245. The molecular formula is C26H36N2O6Si. The fourth-order valence-corrected chi connectivity index (χ4v) is 4.87. The van der Waals surface area contributed by atoms with Crippen LogP contribution in [0.4, 0.5) is 5.69 Å². The first-order chi connectivity index (χ1) is 16.4. The number of ether oxygens (including phenoxy) is 2. The van der Waals surface area contributed by atoms with Gasteiger partial charge in [-0.05, 0) is 36.5 Å². The second-order valence-electron chi connectivity index (χ2n) is 10.4. The topological polar surface area (TPSA) is 91.1 Å². The summed E-state index contributed by atoms with van der Waals surface area (Å²) >= 11 is 0. The fourth-order valence-electron chi connectivity index (χ4n) is 3.83. The molecule has 1 amide bonds. The van der Waals surface area contributed by atoms with E-state index < -0.39 is 13.2 Å². The summed E-state index contributed by atoms with van der Waals surface area (Å²) < 4.78 is 17.6. The molecule has 2 aromatic carbocycles. The minimum atomic E-state index is -1.99. The molecule has 0 unspecified atom stereocenters. The molecule has 0 bridgehead atoms. The van der Waals surface area contributed by atoms with Crippen molar-refractivity contribution in [2.45, 2.75) is 64.4 Å². The largest absolute Gasteiger partial charge is 0.493 e. The zero-order valence-electron chi connectivity index (χ0n) is 21.5. The zero-order chi connectivity index (χ0) is 25.8. The molecule has 1 aliphatic rings. The van der Waals surface area contributed by atoms with Crippen LogP contribution in [0, 0.1) is 10.1 Å². The highest BCUT2D eigenvalue weighted by molar-refractivity contribution is 6.74. The summed E-state index contributed by atoms with van der Waals surface area (Å²) in [6.45, 7) is 12.1. The van der Waals surface area contributed by atoms with E-state index in [1.807, 2.05) is 30.3 Å². The van der Waals surface area contributed by atoms with Gasteiger partial charge in [-0.15, -0.1) is 0 Å². The van der Waals surface area contributed by atoms with Crippen molar-refractivity contribution in [1.29, 1.82) is 0 Å². The van der Waals surface area contributed by atoms with E-state index in [1.54, 1.807) is 4.90 Å². The van der Waals surface area contributed by atoms with Gasteiger partial charge in [0.25, 0.3) is 11.6 Å². The average molecular weight is 501 g/mol. The van der Waals surface area contributed by atoms with Gasteiger partial charge in [0.15, 0.2) is 19.8 Å². The van der Waals surface area contributed by atoms with Crippen molar-refractivity contribution < 1.29 is 23.6 Å². The molecule has 1 heterocycles. The molecule has 0 spiro atoms. The van der Waals surface area contributed by atoms with Gasteiger partial charge in [-0.25, -0.2) is 0 Å². The Labute approximate surface area is 208 Å². The third-order valence-corrected chi connectivity index (χ3v) is 11.5. The van der Waals surface area contributed by atoms with Gasteiger partial charge in [0.2, 0.25) is 0 Å². The molecule has 35 heavy (non-hydrogen) atoms. The van der Waals surface area contributed by atoms with Crippen molar-refractivity contribution in [3.05, 3.63) is 63.7 Å². The lowest BCUT2D eigenvalue weighted by molar-refractivity contribution is -0.385. The lowest BCUT2D eigenvalue weighted by Gasteiger charge is -2.38. The molecule has 1 saturated heterocycles. The van der Waals surface area contributed by atoms with Crippen LogP contribution in [-0.2, 0) is 11.0 Å². The highest BCUT2D eigenvalue weighted by Gasteiger charge is 2.40. The monoisotopic (exact) mass is 500 g/mol. The number of hydrogen-bond acceptors (Lipinski definition) is 6. The van der Waals surface area contributed by atoms with Crippen molar-refractivity contribution in [2.24, 2.45) is 0 Å². The Kier molecular flexibility index (Phi) is 8.22. The number of nitrogens with zero attached hydrogens (tertiary/aromatic N) is 2. The number of rotatable bonds is 9. The zero-order valence-corrected chi connectivity index (χ0v) is 22.5. The molecule has 3 rings (SSSR count). The number of nitro benzene ring substituents is 1. The minimum Gasteiger partial charge on any atom is -0.493 e. The highest BCUT2D eigenvalue weighted by Crippen LogP contribution is 2.39. The van der Waals surface area contributed by atoms with Gasteiger partial charge in [0, 0.05) is 12.6 Å². The number of hydrogen-bond donors (Lipinski definition) is 0. The van der Waals surface area contributed by atoms with Crippen LogP contribution < -0.4 is 9.47 Å². The van der Waals surface area contributed by atoms with E-state index in [-0.39, 0.29) is 46.3 Å². The predicted octanol–water partition coefficient (Wildman–Crippen LogP) is 5.81. The van der Waals surface area contributed by atoms with Crippen molar-refractivity contribution in [3.63, 3.8) is 0 Å². The first-order valence-electron chi connectivity index (χ1n) is 11.9. The molecule has 1 aliphatic heterocycles. The number of carbonyl (C=O) groups is 1. The van der Waals surface area contributed by atoms with Gasteiger partial charge in [-0.1, -0.05) is 51.1 Å². The maximum absolute atomic E-state index is 13.5. The van der Waals surface area contributed by atoms with Gasteiger partial charge < -0.3 is 18.8 Å². The van der Waals surface area contributed by atoms with E-state index in [0.29, 0.717) is 13.2 Å². The first kappa shape index (κ1) is 26.7. The van der Waals surface area contributed by atoms with Crippen molar-refractivity contribution >= 4 is 19.9 Å². The number of benzene rings is 2. The summed E-state index contributed by atoms with van der Waals surface area (Å²) in [6.07, 6.45) is 1.64. The van der Waals surface area contributed by atoms with Crippen LogP contribution in [0.25, 0.3) is 0 Å². The molecule has 0 N–H and O–H groups in total. The molecule has 1 atom stereocenters. The second-order valence-corrected chi connectivity index (χ2v) is 15.2. The maximum atomic E-state index is 13.5. The number of carbonyl (C=O) groups excluding carboxylic acids is 1. The van der Waals surface area contributed by atoms with Gasteiger partial charge in [0.05, 0.1) is 30.7 Å². The van der Waals surface area contributed by atoms with Crippen LogP contribution in [-0.4, -0.2) is 50.4 Å². The normalized spacial score (nSPS) is 16.3. The van der Waals surface area contributed by atoms with Gasteiger partial charge in [-0.2, -0.15) is 0 Å². The summed E-state index contributed by atoms with van der Waals surface area (Å²) in [5, 5.41) is 12.0. The Hall–Kier alpha value is -2.91. The summed E-state index contributed by atoms with van der Waals surface area (Å²) in [7, 11) is -0.532. The lowest BCUT2D eigenvalue weighted by atomic mass is 10.1. The molecule has 8 nitrogen and oxygen atoms in total. The standard InChI is InChI=1S/C26H36N2O6Si/c1-26(2,3)35(5,6)34-18-20-13-10-14-27(20)25(29)21-15-23(32-4)24(16-22(21)28(30)31)33-17-19-11-8-7-9-12-19/h7-9,11-12,15-16,20H,10,13-14,17-18H2,1-6H3/t20-/m0/s1. The maximum Gasteiger partial charge on any atom is 0.286 e. The molecule has 190 valence electrons. The van der Waals surface area contributed by atoms with Crippen LogP contribution in [0.1, 0.15) is 49.5 Å². The molecule has 0 radical (unpaired) electrons. The molecule has 9 heteroatoms. The summed E-state index contributed by atoms with van der Waals surface area (Å²) in [5.74, 6) is 0.118. The number of nitro groups is 1. The summed E-state index contributed by atoms with van der Waals surface area (Å²) in [4.78, 5) is 26.6. The van der Waals surface area contributed by atoms with Gasteiger partial charge in [0.1, 0.15) is 12.2 Å². The van der Waals surface area contributed by atoms with Crippen molar-refractivity contribution in [2.75, 3.05) is 20.3 Å². The van der Waals surface area contributed by atoms with E-state index in [1.165, 1.54) is 19.2 Å². The van der Waals surface area contributed by atoms with Crippen LogP contribution in [0.15, 0.2) is 42.5 Å². The van der Waals surface area contributed by atoms with E-state index in [2.05, 4.69) is 33.9 Å². The smallest absolute Gasteiger partial charge is 0.286 e.